The Bertz CT molecular complexity index is 841. The predicted octanol–water partition coefficient (Wildman–Crippen LogP) is -3.37. The maximum Gasteiger partial charge on any atom is 0.326 e. The number of hydrogen-bond acceptors (Lipinski definition) is 8. The van der Waals surface area contributed by atoms with E-state index in [0.29, 0.717) is 31.5 Å². The monoisotopic (exact) mass is 496 g/mol. The Hall–Kier alpha value is -3.72. The minimum atomic E-state index is -1.24. The highest BCUT2D eigenvalue weighted by molar-refractivity contribution is 5.92. The number of carboxylic acids is 1. The summed E-state index contributed by atoms with van der Waals surface area (Å²) in [7, 11) is 0. The van der Waals surface area contributed by atoms with Crippen LogP contribution in [-0.2, 0) is 25.6 Å². The third kappa shape index (κ3) is 12.4. The molecule has 0 bridgehead atoms. The molecule has 35 heavy (non-hydrogen) atoms. The number of carbonyl (C=O) groups excluding carboxylic acids is 3. The normalized spacial score (nSPS) is 13.2. The van der Waals surface area contributed by atoms with Gasteiger partial charge in [0.15, 0.2) is 5.96 Å². The van der Waals surface area contributed by atoms with Crippen molar-refractivity contribution in [2.75, 3.05) is 19.6 Å². The van der Waals surface area contributed by atoms with E-state index in [-0.39, 0.29) is 25.3 Å². The predicted molar refractivity (Wildman–Crippen MR) is 128 cm³/mol. The Morgan fingerprint density at radius 2 is 1.80 bits per heavy atom. The van der Waals surface area contributed by atoms with Gasteiger partial charge in [0.05, 0.1) is 18.9 Å². The van der Waals surface area contributed by atoms with Crippen LogP contribution in [0.15, 0.2) is 17.5 Å². The van der Waals surface area contributed by atoms with Crippen LogP contribution in [0.4, 0.5) is 0 Å². The molecule has 0 aliphatic heterocycles. The number of guanidine groups is 1. The molecule has 13 N–H and O–H groups in total. The molecule has 15 nitrogen and oxygen atoms in total. The van der Waals surface area contributed by atoms with Crippen molar-refractivity contribution in [3.63, 3.8) is 0 Å². The zero-order valence-corrected chi connectivity index (χ0v) is 19.5. The van der Waals surface area contributed by atoms with Crippen LogP contribution in [0, 0.1) is 0 Å². The fourth-order valence-corrected chi connectivity index (χ4v) is 3.04. The Labute approximate surface area is 202 Å². The van der Waals surface area contributed by atoms with Gasteiger partial charge in [-0.1, -0.05) is 6.42 Å². The first-order valence-corrected chi connectivity index (χ1v) is 11.2. The van der Waals surface area contributed by atoms with E-state index in [2.05, 4.69) is 30.9 Å². The second-order valence-electron chi connectivity index (χ2n) is 7.86. The summed E-state index contributed by atoms with van der Waals surface area (Å²) >= 11 is 0. The van der Waals surface area contributed by atoms with Crippen LogP contribution in [0.25, 0.3) is 0 Å². The van der Waals surface area contributed by atoms with Gasteiger partial charge in [-0.25, -0.2) is 9.78 Å². The van der Waals surface area contributed by atoms with Crippen LogP contribution in [0.3, 0.4) is 0 Å². The van der Waals surface area contributed by atoms with Crippen molar-refractivity contribution >= 4 is 29.7 Å². The van der Waals surface area contributed by atoms with Crippen molar-refractivity contribution in [3.05, 3.63) is 18.2 Å². The van der Waals surface area contributed by atoms with E-state index in [9.17, 15) is 24.3 Å². The van der Waals surface area contributed by atoms with Gasteiger partial charge < -0.3 is 49.0 Å². The third-order valence-electron chi connectivity index (χ3n) is 4.92. The summed E-state index contributed by atoms with van der Waals surface area (Å²) in [6, 6.07) is -3.13. The number of aromatic amines is 1. The van der Waals surface area contributed by atoms with E-state index in [4.69, 9.17) is 22.9 Å². The SMILES string of the molecule is NCCCCC(N)C(=O)NCC(=O)NC(Cc1cnc[nH]1)C(=O)NC(CCCN=C(N)N)C(=O)O. The van der Waals surface area contributed by atoms with Crippen molar-refractivity contribution in [1.29, 1.82) is 0 Å². The Morgan fingerprint density at radius 1 is 1.06 bits per heavy atom. The first-order valence-electron chi connectivity index (χ1n) is 11.2. The van der Waals surface area contributed by atoms with Gasteiger partial charge in [-0.05, 0) is 32.2 Å². The number of aliphatic imine (C=N–C) groups is 1. The van der Waals surface area contributed by atoms with Crippen molar-refractivity contribution in [1.82, 2.24) is 25.9 Å². The Balaban J connectivity index is 2.71. The zero-order valence-electron chi connectivity index (χ0n) is 19.5. The molecule has 0 aliphatic rings. The first kappa shape index (κ1) is 29.3. The largest absolute Gasteiger partial charge is 0.480 e. The fraction of sp³-hybridized carbons (Fsp3) is 0.600. The number of nitrogens with one attached hydrogen (secondary N) is 4. The van der Waals surface area contributed by atoms with Crippen molar-refractivity contribution in [3.8, 4) is 0 Å². The number of nitrogens with zero attached hydrogens (tertiary/aromatic N) is 2. The molecule has 1 heterocycles. The van der Waals surface area contributed by atoms with Crippen LogP contribution in [0.2, 0.25) is 0 Å². The summed E-state index contributed by atoms with van der Waals surface area (Å²) < 4.78 is 0. The van der Waals surface area contributed by atoms with Gasteiger partial charge in [-0.15, -0.1) is 0 Å². The quantitative estimate of drug-likeness (QED) is 0.0586. The van der Waals surface area contributed by atoms with Crippen molar-refractivity contribution < 1.29 is 24.3 Å². The Morgan fingerprint density at radius 3 is 2.40 bits per heavy atom. The summed E-state index contributed by atoms with van der Waals surface area (Å²) in [5.41, 5.74) is 22.2. The highest BCUT2D eigenvalue weighted by Crippen LogP contribution is 2.03. The number of aromatic nitrogens is 2. The number of hydrogen-bond donors (Lipinski definition) is 9. The standard InChI is InChI=1S/C20H36N10O5/c21-6-2-1-4-13(22)17(32)27-10-16(31)29-15(8-12-9-25-11-28-12)18(33)30-14(19(34)35)5-3-7-26-20(23)24/h9,11,13-15H,1-8,10,21-22H2,(H,25,28)(H,27,32)(H,29,31)(H,30,33)(H,34,35)(H4,23,24,26). The number of amides is 3. The molecule has 0 radical (unpaired) electrons. The number of imidazole rings is 1. The molecule has 1 aromatic heterocycles. The maximum absolute atomic E-state index is 12.8. The first-order chi connectivity index (χ1) is 16.6. The maximum atomic E-state index is 12.8. The minimum Gasteiger partial charge on any atom is -0.480 e. The number of carbonyl (C=O) groups is 4. The van der Waals surface area contributed by atoms with E-state index < -0.39 is 48.4 Å². The van der Waals surface area contributed by atoms with Crippen LogP contribution < -0.4 is 38.9 Å². The molecule has 0 aliphatic carbocycles. The number of carboxylic acid groups (broad SMARTS) is 1. The minimum absolute atomic E-state index is 0.0183. The number of rotatable bonds is 17. The second-order valence-corrected chi connectivity index (χ2v) is 7.86. The lowest BCUT2D eigenvalue weighted by molar-refractivity contribution is -0.142. The van der Waals surface area contributed by atoms with Gasteiger partial charge in [0.1, 0.15) is 12.1 Å². The zero-order chi connectivity index (χ0) is 26.2. The molecule has 196 valence electrons. The van der Waals surface area contributed by atoms with Crippen LogP contribution in [0.5, 0.6) is 0 Å². The molecule has 3 atom stereocenters. The van der Waals surface area contributed by atoms with Gasteiger partial charge in [0.2, 0.25) is 17.7 Å². The molecule has 1 rings (SSSR count). The molecule has 3 amide bonds. The van der Waals surface area contributed by atoms with Gasteiger partial charge in [-0.3, -0.25) is 19.4 Å². The topological polar surface area (TPSA) is 270 Å². The van der Waals surface area contributed by atoms with Gasteiger partial charge in [-0.2, -0.15) is 0 Å². The van der Waals surface area contributed by atoms with Crippen molar-refractivity contribution in [2.45, 2.75) is 56.7 Å². The molecule has 0 spiro atoms. The smallest absolute Gasteiger partial charge is 0.326 e. The third-order valence-corrected chi connectivity index (χ3v) is 4.92. The van der Waals surface area contributed by atoms with E-state index in [0.717, 1.165) is 6.42 Å². The summed E-state index contributed by atoms with van der Waals surface area (Å²) in [6.45, 7) is 0.289. The number of aliphatic carboxylic acids is 1. The van der Waals surface area contributed by atoms with E-state index >= 15 is 0 Å². The molecule has 0 aromatic carbocycles. The van der Waals surface area contributed by atoms with E-state index in [1.54, 1.807) is 0 Å². The average Bonchev–Trinajstić information content (AvgIpc) is 3.31. The highest BCUT2D eigenvalue weighted by atomic mass is 16.4. The lowest BCUT2D eigenvalue weighted by atomic mass is 10.1. The summed E-state index contributed by atoms with van der Waals surface area (Å²) in [6.07, 6.45) is 5.11. The van der Waals surface area contributed by atoms with E-state index in [1.807, 2.05) is 0 Å². The van der Waals surface area contributed by atoms with E-state index in [1.165, 1.54) is 12.5 Å². The molecule has 3 unspecified atom stereocenters. The van der Waals surface area contributed by atoms with Crippen LogP contribution in [0.1, 0.15) is 37.8 Å². The molecular weight excluding hydrogens is 460 g/mol. The summed E-state index contributed by atoms with van der Waals surface area (Å²) in [5.74, 6) is -3.23. The fourth-order valence-electron chi connectivity index (χ4n) is 3.04. The molecule has 15 heteroatoms. The highest BCUT2D eigenvalue weighted by Gasteiger charge is 2.27. The average molecular weight is 497 g/mol. The van der Waals surface area contributed by atoms with Crippen LogP contribution in [-0.4, -0.2) is 82.5 Å². The molecular formula is C20H36N10O5. The number of nitrogens with two attached hydrogens (primary N) is 4. The van der Waals surface area contributed by atoms with Gasteiger partial charge in [0.25, 0.3) is 0 Å². The van der Waals surface area contributed by atoms with Gasteiger partial charge in [0, 0.05) is 24.9 Å². The van der Waals surface area contributed by atoms with Crippen molar-refractivity contribution in [2.24, 2.45) is 27.9 Å². The molecule has 0 fully saturated rings. The molecule has 0 saturated heterocycles. The van der Waals surface area contributed by atoms with Gasteiger partial charge >= 0.3 is 5.97 Å². The number of unbranched alkanes of at least 4 members (excludes halogenated alkanes) is 1. The summed E-state index contributed by atoms with van der Waals surface area (Å²) in [5, 5.41) is 16.8. The Kier molecular flexibility index (Phi) is 13.4. The number of H-pyrrole nitrogens is 1. The molecule has 1 aromatic rings. The van der Waals surface area contributed by atoms with Crippen LogP contribution >= 0.6 is 0 Å². The molecule has 0 saturated carbocycles. The second kappa shape index (κ2) is 16.0. The lowest BCUT2D eigenvalue weighted by Crippen LogP contribution is -2.54. The lowest BCUT2D eigenvalue weighted by Gasteiger charge is -2.21. The summed E-state index contributed by atoms with van der Waals surface area (Å²) in [4.78, 5) is 59.4.